The van der Waals surface area contributed by atoms with Crippen LogP contribution >= 0.6 is 0 Å². The normalized spacial score (nSPS) is 11.2. The fraction of sp³-hybridized carbons (Fsp3) is 0.353. The average molecular weight is 312 g/mol. The summed E-state index contributed by atoms with van der Waals surface area (Å²) in [4.78, 5) is 30.0. The molecule has 6 nitrogen and oxygen atoms in total. The third-order valence-electron chi connectivity index (χ3n) is 3.99. The van der Waals surface area contributed by atoms with Crippen LogP contribution in [-0.4, -0.2) is 18.7 Å². The summed E-state index contributed by atoms with van der Waals surface area (Å²) in [5.74, 6) is 0. The first-order valence-corrected chi connectivity index (χ1v) is 7.95. The smallest absolute Gasteiger partial charge is 0.325 e. The van der Waals surface area contributed by atoms with Crippen molar-refractivity contribution < 1.29 is 0 Å². The van der Waals surface area contributed by atoms with Gasteiger partial charge < -0.3 is 4.57 Å². The minimum absolute atomic E-state index is 0.259. The molecule has 1 aromatic carbocycles. The van der Waals surface area contributed by atoms with Gasteiger partial charge in [0.25, 0.3) is 5.56 Å². The second kappa shape index (κ2) is 6.24. The highest BCUT2D eigenvalue weighted by Crippen LogP contribution is 2.12. The van der Waals surface area contributed by atoms with Gasteiger partial charge in [-0.25, -0.2) is 14.3 Å². The van der Waals surface area contributed by atoms with Crippen LogP contribution in [0.5, 0.6) is 0 Å². The lowest BCUT2D eigenvalue weighted by atomic mass is 10.3. The van der Waals surface area contributed by atoms with Crippen molar-refractivity contribution in [2.45, 2.75) is 39.8 Å². The van der Waals surface area contributed by atoms with Gasteiger partial charge in [-0.15, -0.1) is 0 Å². The molecule has 0 amide bonds. The highest BCUT2D eigenvalue weighted by atomic mass is 16.2. The molecule has 0 bridgehead atoms. The van der Waals surface area contributed by atoms with Crippen LogP contribution in [0.3, 0.4) is 0 Å². The molecule has 0 aliphatic heterocycles. The van der Waals surface area contributed by atoms with E-state index in [1.165, 1.54) is 9.13 Å². The highest BCUT2D eigenvalue weighted by molar-refractivity contribution is 5.72. The van der Waals surface area contributed by atoms with Gasteiger partial charge in [-0.2, -0.15) is 0 Å². The Morgan fingerprint density at radius 2 is 1.83 bits per heavy atom. The van der Waals surface area contributed by atoms with Crippen molar-refractivity contribution in [1.82, 2.24) is 18.7 Å². The predicted octanol–water partition coefficient (Wildman–Crippen LogP) is 2.17. The number of aryl methyl sites for hydroxylation is 1. The molecule has 0 fully saturated rings. The fourth-order valence-electron chi connectivity index (χ4n) is 2.74. The Kier molecular flexibility index (Phi) is 4.14. The standard InChI is InChI=1S/C17H20N4O2/c1-3-5-11-20-16(22)14-15(18-12-19(14)4-2)21(17(20)23)13-9-7-6-8-10-13/h6-10,12H,3-5,11H2,1-2H3. The molecular formula is C17H20N4O2. The van der Waals surface area contributed by atoms with E-state index in [-0.39, 0.29) is 11.2 Å². The molecular weight excluding hydrogens is 292 g/mol. The molecule has 0 unspecified atom stereocenters. The molecule has 0 saturated heterocycles. The number of para-hydroxylation sites is 1. The van der Waals surface area contributed by atoms with E-state index in [1.807, 2.05) is 44.2 Å². The Balaban J connectivity index is 2.41. The number of benzene rings is 1. The van der Waals surface area contributed by atoms with Crippen LogP contribution in [0.4, 0.5) is 0 Å². The molecule has 0 saturated carbocycles. The SMILES string of the molecule is CCCCn1c(=O)c2c(ncn2CC)n(-c2ccccc2)c1=O. The third-order valence-corrected chi connectivity index (χ3v) is 3.99. The summed E-state index contributed by atoms with van der Waals surface area (Å²) in [5, 5.41) is 0. The third kappa shape index (κ3) is 2.50. The number of aromatic nitrogens is 4. The van der Waals surface area contributed by atoms with E-state index < -0.39 is 0 Å². The van der Waals surface area contributed by atoms with Crippen LogP contribution in [-0.2, 0) is 13.1 Å². The quantitative estimate of drug-likeness (QED) is 0.725. The van der Waals surface area contributed by atoms with Gasteiger partial charge >= 0.3 is 5.69 Å². The molecule has 23 heavy (non-hydrogen) atoms. The Labute approximate surface area is 133 Å². The number of hydrogen-bond acceptors (Lipinski definition) is 3. The van der Waals surface area contributed by atoms with Crippen molar-refractivity contribution in [3.8, 4) is 5.69 Å². The Hall–Kier alpha value is -2.63. The first-order chi connectivity index (χ1) is 11.2. The molecule has 0 aliphatic rings. The van der Waals surface area contributed by atoms with Crippen molar-refractivity contribution in [2.24, 2.45) is 0 Å². The van der Waals surface area contributed by atoms with Gasteiger partial charge in [0.1, 0.15) is 0 Å². The zero-order chi connectivity index (χ0) is 16.4. The largest absolute Gasteiger partial charge is 0.337 e. The molecule has 0 spiro atoms. The monoisotopic (exact) mass is 312 g/mol. The molecule has 3 rings (SSSR count). The van der Waals surface area contributed by atoms with Gasteiger partial charge in [-0.1, -0.05) is 31.5 Å². The summed E-state index contributed by atoms with van der Waals surface area (Å²) in [5.41, 5.74) is 1.02. The van der Waals surface area contributed by atoms with Gasteiger partial charge in [-0.05, 0) is 25.5 Å². The van der Waals surface area contributed by atoms with E-state index >= 15 is 0 Å². The number of fused-ring (bicyclic) bond motifs is 1. The number of nitrogens with zero attached hydrogens (tertiary/aromatic N) is 4. The summed E-state index contributed by atoms with van der Waals surface area (Å²) >= 11 is 0. The number of imidazole rings is 1. The maximum atomic E-state index is 12.9. The van der Waals surface area contributed by atoms with Gasteiger partial charge in [0.05, 0.1) is 12.0 Å². The maximum Gasteiger partial charge on any atom is 0.337 e. The molecule has 2 heterocycles. The molecule has 120 valence electrons. The van der Waals surface area contributed by atoms with Crippen molar-refractivity contribution in [3.05, 3.63) is 57.5 Å². The maximum absolute atomic E-state index is 12.9. The van der Waals surface area contributed by atoms with E-state index in [2.05, 4.69) is 4.98 Å². The van der Waals surface area contributed by atoms with Crippen LogP contribution in [0.1, 0.15) is 26.7 Å². The number of rotatable bonds is 5. The van der Waals surface area contributed by atoms with Crippen LogP contribution in [0, 0.1) is 0 Å². The molecule has 0 atom stereocenters. The van der Waals surface area contributed by atoms with Crippen molar-refractivity contribution in [3.63, 3.8) is 0 Å². The van der Waals surface area contributed by atoms with Crippen LogP contribution < -0.4 is 11.2 Å². The topological polar surface area (TPSA) is 61.8 Å². The number of hydrogen-bond donors (Lipinski definition) is 0. The summed E-state index contributed by atoms with van der Waals surface area (Å²) in [6.07, 6.45) is 3.33. The summed E-state index contributed by atoms with van der Waals surface area (Å²) < 4.78 is 4.64. The Morgan fingerprint density at radius 1 is 1.09 bits per heavy atom. The van der Waals surface area contributed by atoms with E-state index in [4.69, 9.17) is 0 Å². The predicted molar refractivity (Wildman–Crippen MR) is 90.2 cm³/mol. The highest BCUT2D eigenvalue weighted by Gasteiger charge is 2.18. The molecule has 0 radical (unpaired) electrons. The summed E-state index contributed by atoms with van der Waals surface area (Å²) in [6.45, 7) is 5.04. The van der Waals surface area contributed by atoms with Crippen molar-refractivity contribution >= 4 is 11.2 Å². The molecule has 6 heteroatoms. The van der Waals surface area contributed by atoms with E-state index in [0.717, 1.165) is 12.8 Å². The first kappa shape index (κ1) is 15.3. The molecule has 3 aromatic rings. The van der Waals surface area contributed by atoms with Crippen LogP contribution in [0.15, 0.2) is 46.2 Å². The lowest BCUT2D eigenvalue weighted by Crippen LogP contribution is -2.40. The lowest BCUT2D eigenvalue weighted by Gasteiger charge is -2.12. The second-order valence-corrected chi connectivity index (χ2v) is 5.47. The minimum Gasteiger partial charge on any atom is -0.325 e. The zero-order valence-electron chi connectivity index (χ0n) is 13.4. The first-order valence-electron chi connectivity index (χ1n) is 7.95. The van der Waals surface area contributed by atoms with Gasteiger partial charge in [-0.3, -0.25) is 9.36 Å². The Morgan fingerprint density at radius 3 is 2.48 bits per heavy atom. The fourth-order valence-corrected chi connectivity index (χ4v) is 2.74. The lowest BCUT2D eigenvalue weighted by molar-refractivity contribution is 0.575. The number of unbranched alkanes of at least 4 members (excludes halogenated alkanes) is 1. The summed E-state index contributed by atoms with van der Waals surface area (Å²) in [7, 11) is 0. The molecule has 0 aliphatic carbocycles. The van der Waals surface area contributed by atoms with E-state index in [9.17, 15) is 9.59 Å². The molecule has 2 aromatic heterocycles. The van der Waals surface area contributed by atoms with E-state index in [1.54, 1.807) is 10.9 Å². The van der Waals surface area contributed by atoms with Crippen molar-refractivity contribution in [1.29, 1.82) is 0 Å². The van der Waals surface area contributed by atoms with Gasteiger partial charge in [0.15, 0.2) is 11.2 Å². The van der Waals surface area contributed by atoms with Crippen LogP contribution in [0.25, 0.3) is 16.9 Å². The second-order valence-electron chi connectivity index (χ2n) is 5.47. The van der Waals surface area contributed by atoms with Gasteiger partial charge in [0, 0.05) is 13.1 Å². The average Bonchev–Trinajstić information content (AvgIpc) is 3.00. The van der Waals surface area contributed by atoms with E-state index in [0.29, 0.717) is 29.9 Å². The molecule has 0 N–H and O–H groups in total. The van der Waals surface area contributed by atoms with Crippen molar-refractivity contribution in [2.75, 3.05) is 0 Å². The minimum atomic E-state index is -0.330. The zero-order valence-corrected chi connectivity index (χ0v) is 13.4. The van der Waals surface area contributed by atoms with Gasteiger partial charge in [0.2, 0.25) is 0 Å². The Bertz CT molecular complexity index is 935. The van der Waals surface area contributed by atoms with Crippen LogP contribution in [0.2, 0.25) is 0 Å². The summed E-state index contributed by atoms with van der Waals surface area (Å²) in [6, 6.07) is 9.32.